The van der Waals surface area contributed by atoms with Crippen LogP contribution in [0, 0.1) is 11.6 Å². The first-order valence-corrected chi connectivity index (χ1v) is 9.24. The van der Waals surface area contributed by atoms with Crippen molar-refractivity contribution < 1.29 is 22.0 Å². The van der Waals surface area contributed by atoms with Crippen molar-refractivity contribution in [1.82, 2.24) is 4.90 Å². The number of amides is 1. The summed E-state index contributed by atoms with van der Waals surface area (Å²) in [6.45, 7) is -0.298. The molecule has 0 aliphatic heterocycles. The van der Waals surface area contributed by atoms with E-state index in [0.717, 1.165) is 24.0 Å². The number of hydrogen-bond acceptors (Lipinski definition) is 3. The number of sulfonamides is 1. The van der Waals surface area contributed by atoms with E-state index < -0.39 is 34.1 Å². The molecule has 2 aromatic carbocycles. The molecule has 1 amide bonds. The van der Waals surface area contributed by atoms with Gasteiger partial charge in [0.2, 0.25) is 15.9 Å². The third-order valence-corrected chi connectivity index (χ3v) is 4.67. The van der Waals surface area contributed by atoms with Gasteiger partial charge in [-0.2, -0.15) is 0 Å². The van der Waals surface area contributed by atoms with Crippen molar-refractivity contribution in [3.63, 3.8) is 0 Å². The molecule has 0 radical (unpaired) electrons. The Balaban J connectivity index is 2.21. The quantitative estimate of drug-likeness (QED) is 0.787. The summed E-state index contributed by atoms with van der Waals surface area (Å²) in [7, 11) is -2.41. The molecular formula is C17H18F2N2O3S. The summed E-state index contributed by atoms with van der Waals surface area (Å²) < 4.78 is 51.6. The lowest BCUT2D eigenvalue weighted by molar-refractivity contribution is -0.128. The standard InChI is InChI=1S/C17H18F2N2O3S/c1-20(11-13-6-4-3-5-7-13)17(22)12-21(25(2,23)24)16-9-8-14(18)10-15(16)19/h3-10H,11-12H2,1-2H3. The highest BCUT2D eigenvalue weighted by atomic mass is 32.2. The van der Waals surface area contributed by atoms with E-state index in [4.69, 9.17) is 0 Å². The Morgan fingerprint density at radius 1 is 1.08 bits per heavy atom. The Kier molecular flexibility index (Phi) is 5.73. The summed E-state index contributed by atoms with van der Waals surface area (Å²) in [5.74, 6) is -2.40. The lowest BCUT2D eigenvalue weighted by atomic mass is 10.2. The Hall–Kier alpha value is -2.48. The Bertz CT molecular complexity index is 857. The average Bonchev–Trinajstić information content (AvgIpc) is 2.53. The molecule has 0 unspecified atom stereocenters. The summed E-state index contributed by atoms with van der Waals surface area (Å²) >= 11 is 0. The van der Waals surface area contributed by atoms with Gasteiger partial charge in [-0.25, -0.2) is 17.2 Å². The normalized spacial score (nSPS) is 11.2. The van der Waals surface area contributed by atoms with Crippen molar-refractivity contribution in [1.29, 1.82) is 0 Å². The minimum Gasteiger partial charge on any atom is -0.340 e. The zero-order valence-corrected chi connectivity index (χ0v) is 14.6. The number of hydrogen-bond donors (Lipinski definition) is 0. The zero-order valence-electron chi connectivity index (χ0n) is 13.8. The number of rotatable bonds is 6. The molecule has 134 valence electrons. The fourth-order valence-electron chi connectivity index (χ4n) is 2.25. The summed E-state index contributed by atoms with van der Waals surface area (Å²) in [5.41, 5.74) is 0.502. The van der Waals surface area contributed by atoms with Crippen molar-refractivity contribution in [2.75, 3.05) is 24.2 Å². The predicted molar refractivity (Wildman–Crippen MR) is 91.5 cm³/mol. The number of carbonyl (C=O) groups is 1. The molecule has 0 fully saturated rings. The first-order chi connectivity index (χ1) is 11.7. The van der Waals surface area contributed by atoms with E-state index in [-0.39, 0.29) is 12.2 Å². The second-order valence-electron chi connectivity index (χ2n) is 5.60. The lowest BCUT2D eigenvalue weighted by Crippen LogP contribution is -2.41. The molecule has 2 rings (SSSR count). The van der Waals surface area contributed by atoms with Gasteiger partial charge in [0.1, 0.15) is 18.2 Å². The van der Waals surface area contributed by atoms with E-state index in [0.29, 0.717) is 10.4 Å². The molecule has 0 saturated heterocycles. The van der Waals surface area contributed by atoms with Crippen LogP contribution in [0.15, 0.2) is 48.5 Å². The van der Waals surface area contributed by atoms with Gasteiger partial charge in [-0.3, -0.25) is 9.10 Å². The molecule has 0 N–H and O–H groups in total. The van der Waals surface area contributed by atoms with E-state index >= 15 is 0 Å². The van der Waals surface area contributed by atoms with Gasteiger partial charge >= 0.3 is 0 Å². The van der Waals surface area contributed by atoms with Crippen LogP contribution >= 0.6 is 0 Å². The fraction of sp³-hybridized carbons (Fsp3) is 0.235. The highest BCUT2D eigenvalue weighted by Crippen LogP contribution is 2.22. The smallest absolute Gasteiger partial charge is 0.243 e. The Labute approximate surface area is 145 Å². The van der Waals surface area contributed by atoms with E-state index in [1.54, 1.807) is 0 Å². The largest absolute Gasteiger partial charge is 0.340 e. The molecule has 0 aliphatic carbocycles. The molecule has 8 heteroatoms. The molecule has 2 aromatic rings. The van der Waals surface area contributed by atoms with Gasteiger partial charge in [0, 0.05) is 19.7 Å². The fourth-order valence-corrected chi connectivity index (χ4v) is 3.10. The van der Waals surface area contributed by atoms with Crippen molar-refractivity contribution >= 4 is 21.6 Å². The van der Waals surface area contributed by atoms with Gasteiger partial charge < -0.3 is 4.90 Å². The summed E-state index contributed by atoms with van der Waals surface area (Å²) in [4.78, 5) is 13.7. The highest BCUT2D eigenvalue weighted by Gasteiger charge is 2.25. The number of halogens is 2. The second-order valence-corrected chi connectivity index (χ2v) is 7.51. The first kappa shape index (κ1) is 18.9. The number of nitrogens with zero attached hydrogens (tertiary/aromatic N) is 2. The first-order valence-electron chi connectivity index (χ1n) is 7.39. The van der Waals surface area contributed by atoms with E-state index in [1.807, 2.05) is 30.3 Å². The van der Waals surface area contributed by atoms with Crippen LogP contribution < -0.4 is 4.31 Å². The molecule has 5 nitrogen and oxygen atoms in total. The molecule has 0 spiro atoms. The van der Waals surface area contributed by atoms with E-state index in [1.165, 1.54) is 11.9 Å². The van der Waals surface area contributed by atoms with Gasteiger partial charge in [0.15, 0.2) is 0 Å². The maximum Gasteiger partial charge on any atom is 0.243 e. The predicted octanol–water partition coefficient (Wildman–Crippen LogP) is 2.39. The molecule has 0 bridgehead atoms. The summed E-state index contributed by atoms with van der Waals surface area (Å²) in [6.07, 6.45) is 0.861. The lowest BCUT2D eigenvalue weighted by Gasteiger charge is -2.25. The number of likely N-dealkylation sites (N-methyl/N-ethyl adjacent to an activating group) is 1. The third kappa shape index (κ3) is 4.99. The number of carbonyl (C=O) groups excluding carboxylic acids is 1. The van der Waals surface area contributed by atoms with Crippen molar-refractivity contribution in [2.24, 2.45) is 0 Å². The van der Waals surface area contributed by atoms with Crippen LogP contribution in [0.25, 0.3) is 0 Å². The minimum atomic E-state index is -3.93. The molecule has 0 heterocycles. The molecular weight excluding hydrogens is 350 g/mol. The van der Waals surface area contributed by atoms with E-state index in [9.17, 15) is 22.0 Å². The van der Waals surface area contributed by atoms with Crippen molar-refractivity contribution in [3.05, 3.63) is 65.7 Å². The van der Waals surface area contributed by atoms with Crippen LogP contribution in [-0.4, -0.2) is 39.1 Å². The highest BCUT2D eigenvalue weighted by molar-refractivity contribution is 7.92. The van der Waals surface area contributed by atoms with Gasteiger partial charge in [-0.15, -0.1) is 0 Å². The molecule has 0 atom stereocenters. The van der Waals surface area contributed by atoms with Crippen molar-refractivity contribution in [3.8, 4) is 0 Å². The van der Waals surface area contributed by atoms with E-state index in [2.05, 4.69) is 0 Å². The van der Waals surface area contributed by atoms with Crippen LogP contribution in [0.2, 0.25) is 0 Å². The van der Waals surface area contributed by atoms with Crippen LogP contribution in [0.4, 0.5) is 14.5 Å². The van der Waals surface area contributed by atoms with Crippen LogP contribution in [0.5, 0.6) is 0 Å². The zero-order chi connectivity index (χ0) is 18.6. The molecule has 25 heavy (non-hydrogen) atoms. The van der Waals surface area contributed by atoms with Gasteiger partial charge in [0.25, 0.3) is 0 Å². The van der Waals surface area contributed by atoms with Gasteiger partial charge in [-0.1, -0.05) is 30.3 Å². The number of anilines is 1. The average molecular weight is 368 g/mol. The maximum absolute atomic E-state index is 14.0. The second kappa shape index (κ2) is 7.60. The van der Waals surface area contributed by atoms with Crippen LogP contribution in [-0.2, 0) is 21.4 Å². The number of benzene rings is 2. The van der Waals surface area contributed by atoms with Gasteiger partial charge in [0.05, 0.1) is 11.9 Å². The Morgan fingerprint density at radius 2 is 1.72 bits per heavy atom. The van der Waals surface area contributed by atoms with Crippen molar-refractivity contribution in [2.45, 2.75) is 6.54 Å². The van der Waals surface area contributed by atoms with Crippen LogP contribution in [0.1, 0.15) is 5.56 Å². The maximum atomic E-state index is 14.0. The summed E-state index contributed by atoms with van der Waals surface area (Å²) in [5, 5.41) is 0. The molecule has 0 aromatic heterocycles. The van der Waals surface area contributed by atoms with Gasteiger partial charge in [-0.05, 0) is 17.7 Å². The SMILES string of the molecule is CN(Cc1ccccc1)C(=O)CN(c1ccc(F)cc1F)S(C)(=O)=O. The van der Waals surface area contributed by atoms with Crippen LogP contribution in [0.3, 0.4) is 0 Å². The monoisotopic (exact) mass is 368 g/mol. The molecule has 0 aliphatic rings. The topological polar surface area (TPSA) is 57.7 Å². The summed E-state index contributed by atoms with van der Waals surface area (Å²) in [6, 6.07) is 11.7. The minimum absolute atomic E-state index is 0.281. The third-order valence-electron chi connectivity index (χ3n) is 3.55. The Morgan fingerprint density at radius 3 is 2.28 bits per heavy atom. The molecule has 0 saturated carbocycles.